The van der Waals surface area contributed by atoms with E-state index in [9.17, 15) is 0 Å². The SMILES string of the molecule is CC(C)CCCCNCC1CCC(CN)CC1. The van der Waals surface area contributed by atoms with Gasteiger partial charge in [0.25, 0.3) is 0 Å². The van der Waals surface area contributed by atoms with Crippen molar-refractivity contribution in [3.63, 3.8) is 0 Å². The van der Waals surface area contributed by atoms with Crippen LogP contribution in [0.2, 0.25) is 0 Å². The van der Waals surface area contributed by atoms with Crippen molar-refractivity contribution in [3.05, 3.63) is 0 Å². The minimum absolute atomic E-state index is 0.817. The van der Waals surface area contributed by atoms with Crippen molar-refractivity contribution in [2.24, 2.45) is 23.5 Å². The predicted octanol–water partition coefficient (Wildman–Crippen LogP) is 3.17. The van der Waals surface area contributed by atoms with E-state index in [1.807, 2.05) is 0 Å². The van der Waals surface area contributed by atoms with E-state index in [2.05, 4.69) is 19.2 Å². The summed E-state index contributed by atoms with van der Waals surface area (Å²) in [5, 5.41) is 3.63. The summed E-state index contributed by atoms with van der Waals surface area (Å²) >= 11 is 0. The van der Waals surface area contributed by atoms with Crippen LogP contribution in [0.5, 0.6) is 0 Å². The molecule has 0 aromatic carbocycles. The summed E-state index contributed by atoms with van der Waals surface area (Å²) < 4.78 is 0. The second-order valence-corrected chi connectivity index (χ2v) is 6.22. The smallest absolute Gasteiger partial charge is 0.00205 e. The van der Waals surface area contributed by atoms with E-state index in [0.29, 0.717) is 0 Å². The van der Waals surface area contributed by atoms with E-state index < -0.39 is 0 Å². The van der Waals surface area contributed by atoms with E-state index in [1.54, 1.807) is 0 Å². The topological polar surface area (TPSA) is 38.0 Å². The fourth-order valence-corrected chi connectivity index (χ4v) is 2.78. The largest absolute Gasteiger partial charge is 0.330 e. The quantitative estimate of drug-likeness (QED) is 0.640. The fourth-order valence-electron chi connectivity index (χ4n) is 2.78. The second kappa shape index (κ2) is 8.93. The highest BCUT2D eigenvalue weighted by Gasteiger charge is 2.19. The third-order valence-corrected chi connectivity index (χ3v) is 4.12. The lowest BCUT2D eigenvalue weighted by molar-refractivity contribution is 0.272. The maximum absolute atomic E-state index is 5.71. The Bertz CT molecular complexity index is 172. The molecule has 1 rings (SSSR count). The highest BCUT2D eigenvalue weighted by atomic mass is 14.9. The highest BCUT2D eigenvalue weighted by molar-refractivity contribution is 4.74. The summed E-state index contributed by atoms with van der Waals surface area (Å²) in [5.74, 6) is 2.60. The molecule has 0 amide bonds. The molecule has 0 radical (unpaired) electrons. The molecule has 1 aliphatic rings. The first-order valence-corrected chi connectivity index (χ1v) is 7.63. The van der Waals surface area contributed by atoms with Gasteiger partial charge in [-0.3, -0.25) is 0 Å². The van der Waals surface area contributed by atoms with Crippen molar-refractivity contribution >= 4 is 0 Å². The molecule has 1 saturated carbocycles. The number of unbranched alkanes of at least 4 members (excludes halogenated alkanes) is 1. The number of hydrogen-bond donors (Lipinski definition) is 2. The van der Waals surface area contributed by atoms with E-state index in [-0.39, 0.29) is 0 Å². The standard InChI is InChI=1S/C15H32N2/c1-13(2)5-3-4-10-17-12-15-8-6-14(11-16)7-9-15/h13-15,17H,3-12,16H2,1-2H3. The maximum Gasteiger partial charge on any atom is -0.00205 e. The summed E-state index contributed by atoms with van der Waals surface area (Å²) in [7, 11) is 0. The van der Waals surface area contributed by atoms with Crippen LogP contribution in [0, 0.1) is 17.8 Å². The van der Waals surface area contributed by atoms with Gasteiger partial charge in [0.15, 0.2) is 0 Å². The van der Waals surface area contributed by atoms with Crippen LogP contribution >= 0.6 is 0 Å². The van der Waals surface area contributed by atoms with Gasteiger partial charge in [0.1, 0.15) is 0 Å². The van der Waals surface area contributed by atoms with Crippen molar-refractivity contribution in [1.82, 2.24) is 5.32 Å². The third-order valence-electron chi connectivity index (χ3n) is 4.12. The Balaban J connectivity index is 1.90. The van der Waals surface area contributed by atoms with Crippen LogP contribution in [0.25, 0.3) is 0 Å². The van der Waals surface area contributed by atoms with Gasteiger partial charge in [-0.05, 0) is 69.5 Å². The first-order valence-electron chi connectivity index (χ1n) is 7.63. The van der Waals surface area contributed by atoms with Gasteiger partial charge < -0.3 is 11.1 Å². The molecule has 1 fully saturated rings. The monoisotopic (exact) mass is 240 g/mol. The van der Waals surface area contributed by atoms with Crippen LogP contribution in [-0.4, -0.2) is 19.6 Å². The van der Waals surface area contributed by atoms with Crippen LogP contribution in [0.3, 0.4) is 0 Å². The number of hydrogen-bond acceptors (Lipinski definition) is 2. The van der Waals surface area contributed by atoms with Crippen molar-refractivity contribution in [2.45, 2.75) is 58.8 Å². The summed E-state index contributed by atoms with van der Waals surface area (Å²) in [5.41, 5.74) is 5.71. The lowest BCUT2D eigenvalue weighted by atomic mass is 9.82. The zero-order chi connectivity index (χ0) is 12.5. The molecule has 0 aromatic rings. The Kier molecular flexibility index (Phi) is 7.87. The summed E-state index contributed by atoms with van der Waals surface area (Å²) in [6.45, 7) is 7.96. The van der Waals surface area contributed by atoms with Gasteiger partial charge in [-0.15, -0.1) is 0 Å². The van der Waals surface area contributed by atoms with Gasteiger partial charge in [-0.1, -0.05) is 26.7 Å². The van der Waals surface area contributed by atoms with Crippen LogP contribution in [0.1, 0.15) is 58.8 Å². The molecule has 1 aliphatic carbocycles. The minimum atomic E-state index is 0.817. The van der Waals surface area contributed by atoms with Crippen LogP contribution in [0.4, 0.5) is 0 Å². The van der Waals surface area contributed by atoms with E-state index in [4.69, 9.17) is 5.73 Å². The molecule has 2 heteroatoms. The van der Waals surface area contributed by atoms with Gasteiger partial charge in [-0.2, -0.15) is 0 Å². The van der Waals surface area contributed by atoms with Crippen molar-refractivity contribution in [3.8, 4) is 0 Å². The van der Waals surface area contributed by atoms with Gasteiger partial charge in [-0.25, -0.2) is 0 Å². The van der Waals surface area contributed by atoms with Gasteiger partial charge in [0.05, 0.1) is 0 Å². The van der Waals surface area contributed by atoms with Crippen LogP contribution < -0.4 is 11.1 Å². The van der Waals surface area contributed by atoms with Crippen LogP contribution in [0.15, 0.2) is 0 Å². The lowest BCUT2D eigenvalue weighted by Gasteiger charge is -2.27. The molecular weight excluding hydrogens is 208 g/mol. The Morgan fingerprint density at radius 1 is 1.06 bits per heavy atom. The first kappa shape index (κ1) is 15.0. The number of rotatable bonds is 8. The number of nitrogens with two attached hydrogens (primary N) is 1. The third kappa shape index (κ3) is 7.05. The molecule has 0 aliphatic heterocycles. The molecule has 3 N–H and O–H groups in total. The molecule has 0 heterocycles. The summed E-state index contributed by atoms with van der Waals surface area (Å²) in [6, 6.07) is 0. The minimum Gasteiger partial charge on any atom is -0.330 e. The van der Waals surface area contributed by atoms with Gasteiger partial charge in [0, 0.05) is 0 Å². The van der Waals surface area contributed by atoms with Crippen LogP contribution in [-0.2, 0) is 0 Å². The van der Waals surface area contributed by atoms with Crippen molar-refractivity contribution in [1.29, 1.82) is 0 Å². The average Bonchev–Trinajstić information content (AvgIpc) is 2.34. The lowest BCUT2D eigenvalue weighted by Crippen LogP contribution is -2.29. The summed E-state index contributed by atoms with van der Waals surface area (Å²) in [4.78, 5) is 0. The fraction of sp³-hybridized carbons (Fsp3) is 1.00. The predicted molar refractivity (Wildman–Crippen MR) is 76.1 cm³/mol. The van der Waals surface area contributed by atoms with E-state index in [0.717, 1.165) is 24.3 Å². The molecule has 102 valence electrons. The molecule has 0 spiro atoms. The molecule has 0 saturated heterocycles. The molecule has 0 unspecified atom stereocenters. The molecule has 2 nitrogen and oxygen atoms in total. The van der Waals surface area contributed by atoms with Crippen molar-refractivity contribution in [2.75, 3.05) is 19.6 Å². The van der Waals surface area contributed by atoms with Gasteiger partial charge in [0.2, 0.25) is 0 Å². The van der Waals surface area contributed by atoms with E-state index >= 15 is 0 Å². The average molecular weight is 240 g/mol. The maximum atomic E-state index is 5.71. The zero-order valence-corrected chi connectivity index (χ0v) is 11.9. The molecule has 17 heavy (non-hydrogen) atoms. The number of nitrogens with one attached hydrogen (secondary N) is 1. The summed E-state index contributed by atoms with van der Waals surface area (Å²) in [6.07, 6.45) is 9.60. The second-order valence-electron chi connectivity index (χ2n) is 6.22. The van der Waals surface area contributed by atoms with Crippen molar-refractivity contribution < 1.29 is 0 Å². The Hall–Kier alpha value is -0.0800. The zero-order valence-electron chi connectivity index (χ0n) is 11.9. The Morgan fingerprint density at radius 2 is 1.71 bits per heavy atom. The first-order chi connectivity index (χ1) is 8.22. The highest BCUT2D eigenvalue weighted by Crippen LogP contribution is 2.27. The Labute approximate surface area is 108 Å². The van der Waals surface area contributed by atoms with E-state index in [1.165, 1.54) is 58.0 Å². The normalized spacial score (nSPS) is 25.4. The van der Waals surface area contributed by atoms with Gasteiger partial charge >= 0.3 is 0 Å². The molecular formula is C15H32N2. The molecule has 0 bridgehead atoms. The molecule has 0 aromatic heterocycles. The molecule has 0 atom stereocenters. The Morgan fingerprint density at radius 3 is 2.29 bits per heavy atom.